The number of amides is 1. The van der Waals surface area contributed by atoms with E-state index in [4.69, 9.17) is 4.74 Å². The number of nitrogens with zero attached hydrogens (tertiary/aromatic N) is 3. The van der Waals surface area contributed by atoms with Crippen molar-refractivity contribution in [1.29, 1.82) is 5.26 Å². The summed E-state index contributed by atoms with van der Waals surface area (Å²) in [7, 11) is 0. The highest BCUT2D eigenvalue weighted by molar-refractivity contribution is 5.93. The van der Waals surface area contributed by atoms with Crippen molar-refractivity contribution in [3.8, 4) is 28.9 Å². The molecule has 164 valence electrons. The van der Waals surface area contributed by atoms with Gasteiger partial charge >= 0.3 is 0 Å². The largest absolute Gasteiger partial charge is 0.457 e. The third-order valence-corrected chi connectivity index (χ3v) is 5.88. The molecular formula is C25H27N5O2. The zero-order valence-electron chi connectivity index (χ0n) is 18.3. The number of aromatic nitrogens is 2. The molecule has 3 aromatic rings. The van der Waals surface area contributed by atoms with E-state index in [0.29, 0.717) is 23.7 Å². The zero-order valence-corrected chi connectivity index (χ0v) is 18.3. The second-order valence-electron chi connectivity index (χ2n) is 8.16. The van der Waals surface area contributed by atoms with Crippen LogP contribution < -0.4 is 10.1 Å². The maximum Gasteiger partial charge on any atom is 0.272 e. The Hall–Kier alpha value is -3.79. The van der Waals surface area contributed by atoms with Gasteiger partial charge < -0.3 is 15.0 Å². The van der Waals surface area contributed by atoms with Crippen LogP contribution in [0.15, 0.2) is 60.7 Å². The molecule has 1 amide bonds. The maximum atomic E-state index is 13.0. The Morgan fingerprint density at radius 2 is 2.00 bits per heavy atom. The van der Waals surface area contributed by atoms with Crippen LogP contribution in [0, 0.1) is 17.4 Å². The lowest BCUT2D eigenvalue weighted by Gasteiger charge is -2.25. The molecule has 2 heterocycles. The van der Waals surface area contributed by atoms with Gasteiger partial charge in [0.2, 0.25) is 0 Å². The minimum atomic E-state index is -0.244. The highest BCUT2D eigenvalue weighted by atomic mass is 16.5. The van der Waals surface area contributed by atoms with Gasteiger partial charge in [0.1, 0.15) is 11.5 Å². The van der Waals surface area contributed by atoms with Gasteiger partial charge in [-0.2, -0.15) is 10.4 Å². The van der Waals surface area contributed by atoms with Crippen LogP contribution >= 0.6 is 0 Å². The molecule has 0 saturated carbocycles. The van der Waals surface area contributed by atoms with Gasteiger partial charge in [0.25, 0.3) is 5.91 Å². The van der Waals surface area contributed by atoms with E-state index in [-0.39, 0.29) is 23.9 Å². The summed E-state index contributed by atoms with van der Waals surface area (Å²) in [5.74, 6) is 1.35. The van der Waals surface area contributed by atoms with Gasteiger partial charge in [0.15, 0.2) is 11.9 Å². The molecule has 2 aromatic carbocycles. The summed E-state index contributed by atoms with van der Waals surface area (Å²) < 4.78 is 6.04. The van der Waals surface area contributed by atoms with E-state index in [1.165, 1.54) is 0 Å². The van der Waals surface area contributed by atoms with Crippen LogP contribution in [-0.4, -0.2) is 39.6 Å². The highest BCUT2D eigenvalue weighted by Crippen LogP contribution is 2.32. The molecule has 2 N–H and O–H groups in total. The first-order chi connectivity index (χ1) is 15.6. The van der Waals surface area contributed by atoms with Crippen molar-refractivity contribution in [2.45, 2.75) is 38.8 Å². The molecule has 4 rings (SSSR count). The molecule has 32 heavy (non-hydrogen) atoms. The molecule has 1 fully saturated rings. The number of hydrogen-bond donors (Lipinski definition) is 2. The average Bonchev–Trinajstić information content (AvgIpc) is 3.41. The number of carbonyl (C=O) groups is 1. The molecule has 7 nitrogen and oxygen atoms in total. The summed E-state index contributed by atoms with van der Waals surface area (Å²) >= 11 is 0. The molecule has 0 radical (unpaired) electrons. The van der Waals surface area contributed by atoms with Crippen molar-refractivity contribution in [3.05, 3.63) is 66.4 Å². The first-order valence-electron chi connectivity index (χ1n) is 11.0. The van der Waals surface area contributed by atoms with Crippen LogP contribution in [0.2, 0.25) is 0 Å². The van der Waals surface area contributed by atoms with Crippen LogP contribution in [0.5, 0.6) is 11.5 Å². The van der Waals surface area contributed by atoms with E-state index in [9.17, 15) is 10.1 Å². The molecule has 1 aliphatic rings. The predicted octanol–water partition coefficient (Wildman–Crippen LogP) is 4.57. The van der Waals surface area contributed by atoms with Gasteiger partial charge in [-0.1, -0.05) is 50.6 Å². The van der Waals surface area contributed by atoms with Gasteiger partial charge in [-0.05, 0) is 42.7 Å². The second-order valence-corrected chi connectivity index (χ2v) is 8.16. The molecular weight excluding hydrogens is 402 g/mol. The zero-order chi connectivity index (χ0) is 22.5. The lowest BCUT2D eigenvalue weighted by molar-refractivity contribution is 0.0915. The molecule has 1 aromatic heterocycles. The molecule has 0 aliphatic carbocycles. The van der Waals surface area contributed by atoms with Crippen molar-refractivity contribution in [3.63, 3.8) is 0 Å². The van der Waals surface area contributed by atoms with E-state index in [2.05, 4.69) is 35.6 Å². The number of carbonyl (C=O) groups excluding carboxylic acids is 1. The number of rotatable bonds is 7. The fraction of sp³-hybridized carbons (Fsp3) is 0.320. The molecule has 3 unspecified atom stereocenters. The van der Waals surface area contributed by atoms with Crippen molar-refractivity contribution in [2.24, 2.45) is 5.92 Å². The van der Waals surface area contributed by atoms with Gasteiger partial charge in [0, 0.05) is 12.1 Å². The van der Waals surface area contributed by atoms with Crippen molar-refractivity contribution < 1.29 is 9.53 Å². The van der Waals surface area contributed by atoms with E-state index >= 15 is 0 Å². The Labute approximate surface area is 188 Å². The van der Waals surface area contributed by atoms with E-state index in [1.807, 2.05) is 54.6 Å². The Balaban J connectivity index is 1.52. The van der Waals surface area contributed by atoms with Gasteiger partial charge in [-0.25, -0.2) is 0 Å². The standard InChI is InChI=1S/C25H27N5O2/c1-3-9-22-24(17(2)15-30(22)16-26)27-25(31)21-14-20(28-29-21)19-12-7-8-13-23(19)32-18-10-5-4-6-11-18/h4-8,10-14,17,22,24H,3,9,15H2,1-2H3,(H,27,31)(H,28,29). The van der Waals surface area contributed by atoms with Gasteiger partial charge in [-0.3, -0.25) is 9.89 Å². The molecule has 0 spiro atoms. The van der Waals surface area contributed by atoms with Crippen LogP contribution in [0.25, 0.3) is 11.3 Å². The summed E-state index contributed by atoms with van der Waals surface area (Å²) in [6, 6.07) is 18.8. The second kappa shape index (κ2) is 9.56. The minimum Gasteiger partial charge on any atom is -0.457 e. The normalized spacial score (nSPS) is 20.0. The summed E-state index contributed by atoms with van der Waals surface area (Å²) in [5.41, 5.74) is 1.83. The number of ether oxygens (including phenoxy) is 1. The van der Waals surface area contributed by atoms with Crippen LogP contribution in [0.1, 0.15) is 37.2 Å². The quantitative estimate of drug-likeness (QED) is 0.537. The minimum absolute atomic E-state index is 0.0161. The Kier molecular flexibility index (Phi) is 6.41. The predicted molar refractivity (Wildman–Crippen MR) is 122 cm³/mol. The number of hydrogen-bond acceptors (Lipinski definition) is 5. The summed E-state index contributed by atoms with van der Waals surface area (Å²) in [6.07, 6.45) is 4.08. The van der Waals surface area contributed by atoms with Gasteiger partial charge in [-0.15, -0.1) is 0 Å². The first-order valence-corrected chi connectivity index (χ1v) is 11.0. The Morgan fingerprint density at radius 1 is 1.25 bits per heavy atom. The number of H-pyrrole nitrogens is 1. The highest BCUT2D eigenvalue weighted by Gasteiger charge is 2.39. The lowest BCUT2D eigenvalue weighted by atomic mass is 9.97. The molecule has 1 saturated heterocycles. The lowest BCUT2D eigenvalue weighted by Crippen LogP contribution is -2.46. The van der Waals surface area contributed by atoms with E-state index in [0.717, 1.165) is 24.2 Å². The Morgan fingerprint density at radius 3 is 2.75 bits per heavy atom. The van der Waals surface area contributed by atoms with Crippen LogP contribution in [0.3, 0.4) is 0 Å². The topological polar surface area (TPSA) is 94.0 Å². The fourth-order valence-electron chi connectivity index (χ4n) is 4.31. The van der Waals surface area contributed by atoms with Gasteiger partial charge in [0.05, 0.1) is 17.8 Å². The molecule has 1 aliphatic heterocycles. The number of aromatic amines is 1. The number of likely N-dealkylation sites (tertiary alicyclic amines) is 1. The third kappa shape index (κ3) is 4.45. The number of benzene rings is 2. The SMILES string of the molecule is CCCC1C(NC(=O)c2cc(-c3ccccc3Oc3ccccc3)[nH]n2)C(C)CN1C#N. The monoisotopic (exact) mass is 429 g/mol. The van der Waals surface area contributed by atoms with Crippen LogP contribution in [-0.2, 0) is 0 Å². The summed E-state index contributed by atoms with van der Waals surface area (Å²) in [6.45, 7) is 4.81. The fourth-order valence-corrected chi connectivity index (χ4v) is 4.31. The van der Waals surface area contributed by atoms with Crippen molar-refractivity contribution in [1.82, 2.24) is 20.4 Å². The van der Waals surface area contributed by atoms with E-state index < -0.39 is 0 Å². The number of para-hydroxylation sites is 2. The smallest absolute Gasteiger partial charge is 0.272 e. The van der Waals surface area contributed by atoms with Crippen molar-refractivity contribution in [2.75, 3.05) is 6.54 Å². The van der Waals surface area contributed by atoms with Crippen molar-refractivity contribution >= 4 is 5.91 Å². The Bertz CT molecular complexity index is 1100. The molecule has 0 bridgehead atoms. The first kappa shape index (κ1) is 21.4. The number of nitriles is 1. The third-order valence-electron chi connectivity index (χ3n) is 5.88. The van der Waals surface area contributed by atoms with E-state index in [1.54, 1.807) is 11.0 Å². The average molecular weight is 430 g/mol. The summed E-state index contributed by atoms with van der Waals surface area (Å²) in [4.78, 5) is 14.8. The molecule has 3 atom stereocenters. The summed E-state index contributed by atoms with van der Waals surface area (Å²) in [5, 5.41) is 19.8. The number of nitrogens with one attached hydrogen (secondary N) is 2. The maximum absolute atomic E-state index is 13.0. The van der Waals surface area contributed by atoms with Crippen LogP contribution in [0.4, 0.5) is 0 Å². The molecule has 7 heteroatoms.